The van der Waals surface area contributed by atoms with Crippen molar-refractivity contribution in [3.63, 3.8) is 0 Å². The standard InChI is InChI=1S/C14H16ClN3OS/c1-4-18(14(19)17(2)3)13-9-12(16-20-13)10-5-7-11(15)8-6-10/h5-9H,4H2,1-3H3. The van der Waals surface area contributed by atoms with E-state index in [0.29, 0.717) is 11.6 Å². The molecular formula is C14H16ClN3OS. The number of hydrogen-bond acceptors (Lipinski definition) is 3. The van der Waals surface area contributed by atoms with Crippen molar-refractivity contribution in [3.8, 4) is 11.3 Å². The molecule has 0 aliphatic heterocycles. The smallest absolute Gasteiger partial charge is 0.324 e. The van der Waals surface area contributed by atoms with Crippen LogP contribution < -0.4 is 4.90 Å². The first kappa shape index (κ1) is 14.8. The highest BCUT2D eigenvalue weighted by Gasteiger charge is 2.18. The van der Waals surface area contributed by atoms with Crippen molar-refractivity contribution in [1.82, 2.24) is 9.27 Å². The van der Waals surface area contributed by atoms with Crippen LogP contribution in [0.1, 0.15) is 6.92 Å². The lowest BCUT2D eigenvalue weighted by molar-refractivity contribution is 0.224. The highest BCUT2D eigenvalue weighted by atomic mass is 35.5. The summed E-state index contributed by atoms with van der Waals surface area (Å²) in [6.45, 7) is 2.56. The first-order valence-electron chi connectivity index (χ1n) is 6.24. The Morgan fingerprint density at radius 3 is 2.50 bits per heavy atom. The molecule has 0 aliphatic rings. The average Bonchev–Trinajstić information content (AvgIpc) is 2.89. The van der Waals surface area contributed by atoms with Gasteiger partial charge in [-0.05, 0) is 30.6 Å². The van der Waals surface area contributed by atoms with E-state index in [9.17, 15) is 4.79 Å². The fourth-order valence-electron chi connectivity index (χ4n) is 1.78. The molecule has 2 amide bonds. The Labute approximate surface area is 127 Å². The minimum absolute atomic E-state index is 0.0428. The van der Waals surface area contributed by atoms with Crippen LogP contribution in [-0.2, 0) is 0 Å². The summed E-state index contributed by atoms with van der Waals surface area (Å²) in [5.41, 5.74) is 1.84. The van der Waals surface area contributed by atoms with Crippen molar-refractivity contribution in [2.24, 2.45) is 0 Å². The molecule has 1 heterocycles. The number of hydrogen-bond donors (Lipinski definition) is 0. The molecular weight excluding hydrogens is 294 g/mol. The predicted molar refractivity (Wildman–Crippen MR) is 84.7 cm³/mol. The molecule has 2 rings (SSSR count). The molecule has 6 heteroatoms. The predicted octanol–water partition coefficient (Wildman–Crippen LogP) is 3.97. The number of aromatic nitrogens is 1. The Morgan fingerprint density at radius 2 is 1.95 bits per heavy atom. The highest BCUT2D eigenvalue weighted by molar-refractivity contribution is 7.10. The zero-order chi connectivity index (χ0) is 14.7. The molecule has 0 N–H and O–H groups in total. The van der Waals surface area contributed by atoms with Gasteiger partial charge in [0.1, 0.15) is 5.00 Å². The topological polar surface area (TPSA) is 36.4 Å². The molecule has 0 bridgehead atoms. The van der Waals surface area contributed by atoms with E-state index in [2.05, 4.69) is 4.37 Å². The minimum Gasteiger partial charge on any atom is -0.330 e. The summed E-state index contributed by atoms with van der Waals surface area (Å²) >= 11 is 7.20. The Hall–Kier alpha value is -1.59. The van der Waals surface area contributed by atoms with E-state index >= 15 is 0 Å². The number of benzene rings is 1. The summed E-state index contributed by atoms with van der Waals surface area (Å²) in [5.74, 6) is 0. The molecule has 0 atom stereocenters. The van der Waals surface area contributed by atoms with E-state index in [1.807, 2.05) is 37.3 Å². The second-order valence-corrected chi connectivity index (χ2v) is 5.70. The van der Waals surface area contributed by atoms with E-state index in [1.54, 1.807) is 23.9 Å². The molecule has 0 fully saturated rings. The number of nitrogens with zero attached hydrogens (tertiary/aromatic N) is 3. The zero-order valence-corrected chi connectivity index (χ0v) is 13.2. The van der Waals surface area contributed by atoms with Crippen molar-refractivity contribution in [2.75, 3.05) is 25.5 Å². The van der Waals surface area contributed by atoms with Crippen molar-refractivity contribution in [3.05, 3.63) is 35.4 Å². The minimum atomic E-state index is -0.0428. The summed E-state index contributed by atoms with van der Waals surface area (Å²) in [7, 11) is 3.48. The molecule has 0 spiro atoms. The lowest BCUT2D eigenvalue weighted by atomic mass is 10.1. The van der Waals surface area contributed by atoms with Crippen LogP contribution >= 0.6 is 23.1 Å². The molecule has 106 valence electrons. The lowest BCUT2D eigenvalue weighted by Crippen LogP contribution is -2.38. The van der Waals surface area contributed by atoms with E-state index < -0.39 is 0 Å². The van der Waals surface area contributed by atoms with Crippen molar-refractivity contribution < 1.29 is 4.79 Å². The van der Waals surface area contributed by atoms with Gasteiger partial charge in [-0.3, -0.25) is 4.90 Å². The van der Waals surface area contributed by atoms with E-state index in [4.69, 9.17) is 11.6 Å². The fourth-order valence-corrected chi connectivity index (χ4v) is 2.72. The van der Waals surface area contributed by atoms with Gasteiger partial charge in [-0.2, -0.15) is 4.37 Å². The maximum atomic E-state index is 12.1. The van der Waals surface area contributed by atoms with Crippen molar-refractivity contribution >= 4 is 34.2 Å². The largest absolute Gasteiger partial charge is 0.330 e. The van der Waals surface area contributed by atoms with Gasteiger partial charge in [-0.1, -0.05) is 23.7 Å². The average molecular weight is 310 g/mol. The molecule has 0 aliphatic carbocycles. The number of amides is 2. The normalized spacial score (nSPS) is 10.4. The SMILES string of the molecule is CCN(C(=O)N(C)C)c1cc(-c2ccc(Cl)cc2)ns1. The summed E-state index contributed by atoms with van der Waals surface area (Å²) in [6, 6.07) is 9.39. The van der Waals surface area contributed by atoms with Gasteiger partial charge in [-0.25, -0.2) is 4.79 Å². The van der Waals surface area contributed by atoms with Crippen LogP contribution in [0, 0.1) is 0 Å². The Kier molecular flexibility index (Phi) is 4.62. The molecule has 0 radical (unpaired) electrons. The van der Waals surface area contributed by atoms with Gasteiger partial charge >= 0.3 is 6.03 Å². The summed E-state index contributed by atoms with van der Waals surface area (Å²) in [6.07, 6.45) is 0. The first-order valence-corrected chi connectivity index (χ1v) is 7.39. The second-order valence-electron chi connectivity index (χ2n) is 4.48. The van der Waals surface area contributed by atoms with Gasteiger partial charge in [0.2, 0.25) is 0 Å². The number of anilines is 1. The van der Waals surface area contributed by atoms with Crippen molar-refractivity contribution in [2.45, 2.75) is 6.92 Å². The summed E-state index contributed by atoms with van der Waals surface area (Å²) in [4.78, 5) is 15.3. The van der Waals surface area contributed by atoms with Gasteiger partial charge in [0.05, 0.1) is 5.69 Å². The zero-order valence-electron chi connectivity index (χ0n) is 11.6. The van der Waals surface area contributed by atoms with Gasteiger partial charge in [-0.15, -0.1) is 0 Å². The van der Waals surface area contributed by atoms with Crippen LogP contribution in [0.25, 0.3) is 11.3 Å². The molecule has 0 saturated carbocycles. The second kappa shape index (κ2) is 6.24. The van der Waals surface area contributed by atoms with Gasteiger partial charge in [0.15, 0.2) is 0 Å². The van der Waals surface area contributed by atoms with Crippen LogP contribution in [0.3, 0.4) is 0 Å². The quantitative estimate of drug-likeness (QED) is 0.860. The monoisotopic (exact) mass is 309 g/mol. The highest BCUT2D eigenvalue weighted by Crippen LogP contribution is 2.29. The third-order valence-corrected chi connectivity index (χ3v) is 3.90. The number of carbonyl (C=O) groups is 1. The third kappa shape index (κ3) is 3.11. The molecule has 1 aromatic heterocycles. The Balaban J connectivity index is 2.27. The van der Waals surface area contributed by atoms with Gasteiger partial charge in [0.25, 0.3) is 0 Å². The van der Waals surface area contributed by atoms with E-state index in [-0.39, 0.29) is 6.03 Å². The molecule has 1 aromatic carbocycles. The first-order chi connectivity index (χ1) is 9.52. The molecule has 2 aromatic rings. The molecule has 0 unspecified atom stereocenters. The van der Waals surface area contributed by atoms with E-state index in [1.165, 1.54) is 11.5 Å². The maximum Gasteiger partial charge on any atom is 0.324 e. The van der Waals surface area contributed by atoms with E-state index in [0.717, 1.165) is 16.3 Å². The van der Waals surface area contributed by atoms with Crippen LogP contribution in [0.2, 0.25) is 5.02 Å². The third-order valence-electron chi connectivity index (χ3n) is 2.83. The molecule has 4 nitrogen and oxygen atoms in total. The van der Waals surface area contributed by atoms with Crippen LogP contribution in [-0.4, -0.2) is 35.9 Å². The van der Waals surface area contributed by atoms with Crippen LogP contribution in [0.5, 0.6) is 0 Å². The van der Waals surface area contributed by atoms with Gasteiger partial charge in [0, 0.05) is 37.3 Å². The number of urea groups is 1. The number of carbonyl (C=O) groups excluding carboxylic acids is 1. The van der Waals surface area contributed by atoms with Crippen LogP contribution in [0.4, 0.5) is 9.80 Å². The molecule has 20 heavy (non-hydrogen) atoms. The lowest BCUT2D eigenvalue weighted by Gasteiger charge is -2.22. The summed E-state index contributed by atoms with van der Waals surface area (Å²) in [5, 5.41) is 1.54. The Morgan fingerprint density at radius 1 is 1.30 bits per heavy atom. The Bertz CT molecular complexity index is 595. The summed E-state index contributed by atoms with van der Waals surface area (Å²) < 4.78 is 4.41. The number of halogens is 1. The van der Waals surface area contributed by atoms with Gasteiger partial charge < -0.3 is 4.90 Å². The fraction of sp³-hybridized carbons (Fsp3) is 0.286. The maximum absolute atomic E-state index is 12.1. The number of rotatable bonds is 3. The van der Waals surface area contributed by atoms with Crippen LogP contribution in [0.15, 0.2) is 30.3 Å². The van der Waals surface area contributed by atoms with Crippen molar-refractivity contribution in [1.29, 1.82) is 0 Å². The molecule has 0 saturated heterocycles.